The Kier molecular flexibility index (Phi) is 6.82. The minimum absolute atomic E-state index is 0. The standard InChI is InChI=1S/C18H20O2.Sn/c1-3-17(13-5-9-15(19)10-6-13)18(4-2)14-7-11-16(20)12-8-14;/h5-12,19-20H,3-4H2,1-2H3;. The van der Waals surface area contributed by atoms with E-state index in [1.165, 1.54) is 11.1 Å². The Labute approximate surface area is 143 Å². The van der Waals surface area contributed by atoms with Crippen LogP contribution in [0.1, 0.15) is 37.8 Å². The minimum Gasteiger partial charge on any atom is -0.508 e. The van der Waals surface area contributed by atoms with Crippen molar-refractivity contribution >= 4 is 35.1 Å². The van der Waals surface area contributed by atoms with E-state index >= 15 is 0 Å². The van der Waals surface area contributed by atoms with Crippen LogP contribution in [0.15, 0.2) is 48.5 Å². The van der Waals surface area contributed by atoms with E-state index in [2.05, 4.69) is 13.8 Å². The van der Waals surface area contributed by atoms with Gasteiger partial charge in [0.1, 0.15) is 11.5 Å². The van der Waals surface area contributed by atoms with Crippen LogP contribution in [0.25, 0.3) is 11.1 Å². The molecule has 0 amide bonds. The molecule has 2 N–H and O–H groups in total. The Morgan fingerprint density at radius 1 is 0.667 bits per heavy atom. The van der Waals surface area contributed by atoms with Crippen molar-refractivity contribution in [2.75, 3.05) is 0 Å². The molecule has 21 heavy (non-hydrogen) atoms. The molecule has 0 atom stereocenters. The molecular weight excluding hydrogens is 367 g/mol. The average molecular weight is 387 g/mol. The molecule has 0 aromatic heterocycles. The molecule has 4 radical (unpaired) electrons. The Balaban J connectivity index is 0.00000220. The fourth-order valence-electron chi connectivity index (χ4n) is 2.51. The van der Waals surface area contributed by atoms with Gasteiger partial charge in [0.25, 0.3) is 0 Å². The number of allylic oxidation sites excluding steroid dienone is 2. The van der Waals surface area contributed by atoms with E-state index in [0.29, 0.717) is 0 Å². The molecule has 2 rings (SSSR count). The zero-order chi connectivity index (χ0) is 14.5. The van der Waals surface area contributed by atoms with E-state index < -0.39 is 0 Å². The van der Waals surface area contributed by atoms with Crippen LogP contribution in [0, 0.1) is 0 Å². The van der Waals surface area contributed by atoms with Crippen molar-refractivity contribution < 1.29 is 10.2 Å². The van der Waals surface area contributed by atoms with Gasteiger partial charge >= 0.3 is 0 Å². The second-order valence-electron chi connectivity index (χ2n) is 4.76. The van der Waals surface area contributed by atoms with Crippen molar-refractivity contribution in [1.29, 1.82) is 0 Å². The van der Waals surface area contributed by atoms with Crippen LogP contribution in [-0.2, 0) is 0 Å². The van der Waals surface area contributed by atoms with E-state index in [9.17, 15) is 10.2 Å². The fourth-order valence-corrected chi connectivity index (χ4v) is 2.51. The second-order valence-corrected chi connectivity index (χ2v) is 4.76. The molecule has 0 aliphatic carbocycles. The van der Waals surface area contributed by atoms with Gasteiger partial charge in [-0.25, -0.2) is 0 Å². The van der Waals surface area contributed by atoms with Crippen molar-refractivity contribution in [3.8, 4) is 11.5 Å². The third-order valence-electron chi connectivity index (χ3n) is 3.50. The van der Waals surface area contributed by atoms with Crippen LogP contribution in [0.3, 0.4) is 0 Å². The predicted octanol–water partition coefficient (Wildman–Crippen LogP) is 4.45. The monoisotopic (exact) mass is 388 g/mol. The number of aromatic hydroxyl groups is 2. The predicted molar refractivity (Wildman–Crippen MR) is 89.4 cm³/mol. The summed E-state index contributed by atoms with van der Waals surface area (Å²) in [6.07, 6.45) is 1.85. The molecule has 0 fully saturated rings. The zero-order valence-corrected chi connectivity index (χ0v) is 15.3. The second kappa shape index (κ2) is 8.13. The van der Waals surface area contributed by atoms with Gasteiger partial charge in [0.15, 0.2) is 0 Å². The summed E-state index contributed by atoms with van der Waals surface area (Å²) >= 11 is 0. The first-order valence-electron chi connectivity index (χ1n) is 6.96. The number of rotatable bonds is 4. The molecule has 0 aliphatic rings. The number of benzene rings is 2. The maximum Gasteiger partial charge on any atom is 0.115 e. The van der Waals surface area contributed by atoms with E-state index in [4.69, 9.17) is 0 Å². The molecule has 0 saturated carbocycles. The summed E-state index contributed by atoms with van der Waals surface area (Å²) in [7, 11) is 0. The zero-order valence-electron chi connectivity index (χ0n) is 12.4. The third-order valence-corrected chi connectivity index (χ3v) is 3.50. The summed E-state index contributed by atoms with van der Waals surface area (Å²) in [5.41, 5.74) is 4.82. The van der Waals surface area contributed by atoms with Gasteiger partial charge in [0.05, 0.1) is 0 Å². The fraction of sp³-hybridized carbons (Fsp3) is 0.222. The van der Waals surface area contributed by atoms with Crippen molar-refractivity contribution in [1.82, 2.24) is 0 Å². The van der Waals surface area contributed by atoms with Crippen molar-refractivity contribution in [2.24, 2.45) is 0 Å². The van der Waals surface area contributed by atoms with E-state index in [1.54, 1.807) is 24.3 Å². The molecule has 2 aromatic carbocycles. The van der Waals surface area contributed by atoms with Gasteiger partial charge in [0, 0.05) is 23.9 Å². The largest absolute Gasteiger partial charge is 0.508 e. The molecule has 0 heterocycles. The number of phenolic OH excluding ortho intramolecular Hbond substituents is 2. The van der Waals surface area contributed by atoms with Crippen LogP contribution < -0.4 is 0 Å². The SMILES string of the molecule is CCC(=C(CC)c1ccc(O)cc1)c1ccc(O)cc1.[Sn]. The molecule has 0 unspecified atom stereocenters. The van der Waals surface area contributed by atoms with Crippen LogP contribution in [0.5, 0.6) is 11.5 Å². The number of hydrogen-bond acceptors (Lipinski definition) is 2. The molecule has 2 aromatic rings. The molecule has 0 saturated heterocycles. The quantitative estimate of drug-likeness (QED) is 0.602. The summed E-state index contributed by atoms with van der Waals surface area (Å²) in [4.78, 5) is 0. The van der Waals surface area contributed by atoms with Gasteiger partial charge in [0.2, 0.25) is 0 Å². The molecule has 0 aliphatic heterocycles. The first-order valence-corrected chi connectivity index (χ1v) is 6.96. The van der Waals surface area contributed by atoms with Gasteiger partial charge in [-0.1, -0.05) is 38.1 Å². The number of phenols is 2. The normalized spacial score (nSPS) is 11.5. The smallest absolute Gasteiger partial charge is 0.115 e. The molecule has 3 heteroatoms. The maximum absolute atomic E-state index is 9.41. The van der Waals surface area contributed by atoms with Crippen molar-refractivity contribution in [3.05, 3.63) is 59.7 Å². The summed E-state index contributed by atoms with van der Waals surface area (Å²) in [5, 5.41) is 18.8. The van der Waals surface area contributed by atoms with Gasteiger partial charge in [-0.15, -0.1) is 0 Å². The van der Waals surface area contributed by atoms with E-state index in [1.807, 2.05) is 24.3 Å². The third kappa shape index (κ3) is 4.27. The van der Waals surface area contributed by atoms with Gasteiger partial charge in [-0.2, -0.15) is 0 Å². The van der Waals surface area contributed by atoms with Gasteiger partial charge < -0.3 is 10.2 Å². The van der Waals surface area contributed by atoms with Crippen LogP contribution in [0.2, 0.25) is 0 Å². The summed E-state index contributed by atoms with van der Waals surface area (Å²) in [5.74, 6) is 0.568. The van der Waals surface area contributed by atoms with Crippen LogP contribution in [0.4, 0.5) is 0 Å². The van der Waals surface area contributed by atoms with Crippen molar-refractivity contribution in [3.63, 3.8) is 0 Å². The Bertz CT molecular complexity index is 543. The first kappa shape index (κ1) is 17.6. The summed E-state index contributed by atoms with van der Waals surface area (Å²) in [6, 6.07) is 14.7. The molecule has 0 bridgehead atoms. The summed E-state index contributed by atoms with van der Waals surface area (Å²) < 4.78 is 0. The topological polar surface area (TPSA) is 40.5 Å². The molecule has 2 nitrogen and oxygen atoms in total. The minimum atomic E-state index is 0. The Hall–Kier alpha value is -1.42. The van der Waals surface area contributed by atoms with E-state index in [-0.39, 0.29) is 35.4 Å². The molecule has 0 spiro atoms. The number of hydrogen-bond donors (Lipinski definition) is 2. The maximum atomic E-state index is 9.41. The van der Waals surface area contributed by atoms with Crippen LogP contribution >= 0.6 is 0 Å². The van der Waals surface area contributed by atoms with E-state index in [0.717, 1.165) is 24.0 Å². The summed E-state index contributed by atoms with van der Waals surface area (Å²) in [6.45, 7) is 4.27. The molecule has 108 valence electrons. The Morgan fingerprint density at radius 2 is 0.952 bits per heavy atom. The van der Waals surface area contributed by atoms with Crippen LogP contribution in [-0.4, -0.2) is 34.1 Å². The molecular formula is C18H20O2Sn. The van der Waals surface area contributed by atoms with Gasteiger partial charge in [-0.05, 0) is 59.4 Å². The van der Waals surface area contributed by atoms with Crippen molar-refractivity contribution in [2.45, 2.75) is 26.7 Å². The van der Waals surface area contributed by atoms with Gasteiger partial charge in [-0.3, -0.25) is 0 Å². The first-order chi connectivity index (χ1) is 9.65. The average Bonchev–Trinajstić information content (AvgIpc) is 2.47. The Morgan fingerprint density at radius 3 is 1.19 bits per heavy atom.